The zero-order chi connectivity index (χ0) is 15.0. The lowest BCUT2D eigenvalue weighted by Gasteiger charge is -2.00. The van der Waals surface area contributed by atoms with Crippen molar-refractivity contribution in [2.45, 2.75) is 24.4 Å². The smallest absolute Gasteiger partial charge is 0.144 e. The Bertz CT molecular complexity index is 697. The summed E-state index contributed by atoms with van der Waals surface area (Å²) in [6.07, 6.45) is 7.43. The molecule has 110 valence electrons. The summed E-state index contributed by atoms with van der Waals surface area (Å²) < 4.78 is 5.96. The third-order valence-corrected chi connectivity index (χ3v) is 5.47. The molecule has 1 atom stereocenters. The minimum absolute atomic E-state index is 0.468. The molecule has 0 saturated carbocycles. The summed E-state index contributed by atoms with van der Waals surface area (Å²) >= 11 is 5.46. The Balaban J connectivity index is 1.95. The summed E-state index contributed by atoms with van der Waals surface area (Å²) in [5, 5.41) is 0. The Morgan fingerprint density at radius 1 is 1.48 bits per heavy atom. The van der Waals surface area contributed by atoms with Crippen LogP contribution in [0.15, 0.2) is 34.5 Å². The maximum atomic E-state index is 5.49. The van der Waals surface area contributed by atoms with Crippen molar-refractivity contribution in [2.75, 3.05) is 7.11 Å². The number of methoxy groups -OCH3 is 1. The van der Waals surface area contributed by atoms with Gasteiger partial charge in [-0.3, -0.25) is 4.99 Å². The van der Waals surface area contributed by atoms with Crippen LogP contribution in [-0.4, -0.2) is 22.0 Å². The Hall–Kier alpha value is -1.20. The molecular formula is C16H17BrN2OS. The van der Waals surface area contributed by atoms with Crippen molar-refractivity contribution in [3.63, 3.8) is 0 Å². The quantitative estimate of drug-likeness (QED) is 0.767. The van der Waals surface area contributed by atoms with E-state index < -0.39 is 0 Å². The van der Waals surface area contributed by atoms with Gasteiger partial charge in [0.1, 0.15) is 5.75 Å². The normalized spacial score (nSPS) is 23.3. The number of hydrogen-bond acceptors (Lipinski definition) is 3. The van der Waals surface area contributed by atoms with E-state index in [1.807, 2.05) is 18.7 Å². The SMILES string of the molecule is COc1cc(C2=CCC(Br)S2)[nH]c1C=C1N=C(C)C=C1C. The number of halogens is 1. The van der Waals surface area contributed by atoms with Gasteiger partial charge < -0.3 is 9.72 Å². The van der Waals surface area contributed by atoms with Gasteiger partial charge in [0.2, 0.25) is 0 Å². The first kappa shape index (κ1) is 14.7. The number of thioether (sulfide) groups is 1. The van der Waals surface area contributed by atoms with Gasteiger partial charge >= 0.3 is 0 Å². The van der Waals surface area contributed by atoms with Gasteiger partial charge in [-0.25, -0.2) is 0 Å². The number of aliphatic imine (C=N–C) groups is 1. The summed E-state index contributed by atoms with van der Waals surface area (Å²) in [5.41, 5.74) is 5.28. The van der Waals surface area contributed by atoms with Gasteiger partial charge in [0.15, 0.2) is 0 Å². The highest BCUT2D eigenvalue weighted by Crippen LogP contribution is 2.43. The molecule has 0 bridgehead atoms. The molecule has 1 N–H and O–H groups in total. The van der Waals surface area contributed by atoms with E-state index in [1.165, 1.54) is 10.5 Å². The van der Waals surface area contributed by atoms with Crippen LogP contribution in [-0.2, 0) is 0 Å². The first-order valence-corrected chi connectivity index (χ1v) is 8.60. The second-order valence-electron chi connectivity index (χ2n) is 5.11. The van der Waals surface area contributed by atoms with Gasteiger partial charge in [0.25, 0.3) is 0 Å². The van der Waals surface area contributed by atoms with Crippen molar-refractivity contribution in [3.8, 4) is 5.75 Å². The van der Waals surface area contributed by atoms with E-state index >= 15 is 0 Å². The summed E-state index contributed by atoms with van der Waals surface area (Å²) in [6.45, 7) is 4.09. The fraction of sp³-hybridized carbons (Fsp3) is 0.312. The van der Waals surface area contributed by atoms with Gasteiger partial charge in [-0.2, -0.15) is 0 Å². The van der Waals surface area contributed by atoms with Gasteiger partial charge in [0.05, 0.1) is 28.4 Å². The average molecular weight is 365 g/mol. The molecular weight excluding hydrogens is 348 g/mol. The van der Waals surface area contributed by atoms with Crippen molar-refractivity contribution in [3.05, 3.63) is 40.9 Å². The van der Waals surface area contributed by atoms with Crippen molar-refractivity contribution in [1.82, 2.24) is 4.98 Å². The minimum Gasteiger partial charge on any atom is -0.494 e. The standard InChI is InChI=1S/C16H17BrN2OS/c1-9-6-10(2)18-11(9)7-12-14(20-3)8-13(19-12)15-4-5-16(17)21-15/h4,6-8,16,19H,5H2,1-3H3. The Labute approximate surface area is 137 Å². The monoisotopic (exact) mass is 364 g/mol. The van der Waals surface area contributed by atoms with Crippen LogP contribution in [0.5, 0.6) is 5.75 Å². The molecule has 0 saturated heterocycles. The lowest BCUT2D eigenvalue weighted by Crippen LogP contribution is -1.85. The topological polar surface area (TPSA) is 37.4 Å². The molecule has 3 heterocycles. The molecule has 1 aromatic heterocycles. The molecule has 1 aromatic rings. The molecule has 0 aromatic carbocycles. The van der Waals surface area contributed by atoms with Crippen LogP contribution in [0.2, 0.25) is 0 Å². The van der Waals surface area contributed by atoms with Crippen molar-refractivity contribution < 1.29 is 4.74 Å². The fourth-order valence-corrected chi connectivity index (χ4v) is 4.14. The number of aromatic nitrogens is 1. The molecule has 0 aliphatic carbocycles. The van der Waals surface area contributed by atoms with Crippen molar-refractivity contribution in [1.29, 1.82) is 0 Å². The Morgan fingerprint density at radius 2 is 2.29 bits per heavy atom. The van der Waals surface area contributed by atoms with Gasteiger partial charge in [-0.15, -0.1) is 11.8 Å². The molecule has 3 nitrogen and oxygen atoms in total. The molecule has 2 aliphatic rings. The van der Waals surface area contributed by atoms with Gasteiger partial charge in [-0.1, -0.05) is 22.0 Å². The first-order valence-electron chi connectivity index (χ1n) is 6.80. The molecule has 0 fully saturated rings. The molecule has 0 radical (unpaired) electrons. The summed E-state index contributed by atoms with van der Waals surface area (Å²) in [7, 11) is 1.70. The second-order valence-corrected chi connectivity index (χ2v) is 8.06. The minimum atomic E-state index is 0.468. The lowest BCUT2D eigenvalue weighted by atomic mass is 10.2. The fourth-order valence-electron chi connectivity index (χ4n) is 2.45. The number of alkyl halides is 1. The predicted molar refractivity (Wildman–Crippen MR) is 95.1 cm³/mol. The highest BCUT2D eigenvalue weighted by atomic mass is 79.9. The Morgan fingerprint density at radius 3 is 2.86 bits per heavy atom. The molecule has 21 heavy (non-hydrogen) atoms. The van der Waals surface area contributed by atoms with E-state index in [9.17, 15) is 0 Å². The summed E-state index contributed by atoms with van der Waals surface area (Å²) in [5.74, 6) is 0.851. The molecule has 0 amide bonds. The average Bonchev–Trinajstić information content (AvgIpc) is 3.10. The number of rotatable bonds is 3. The van der Waals surface area contributed by atoms with Crippen LogP contribution in [0, 0.1) is 0 Å². The number of nitrogens with one attached hydrogen (secondary N) is 1. The third kappa shape index (κ3) is 3.04. The molecule has 5 heteroatoms. The van der Waals surface area contributed by atoms with Crippen LogP contribution in [0.4, 0.5) is 0 Å². The number of hydrogen-bond donors (Lipinski definition) is 1. The number of allylic oxidation sites excluding steroid dienone is 3. The molecule has 1 unspecified atom stereocenters. The zero-order valence-corrected chi connectivity index (χ0v) is 14.6. The number of ether oxygens (including phenoxy) is 1. The Kier molecular flexibility index (Phi) is 4.13. The first-order chi connectivity index (χ1) is 10.1. The lowest BCUT2D eigenvalue weighted by molar-refractivity contribution is 0.414. The number of H-pyrrole nitrogens is 1. The molecule has 2 aliphatic heterocycles. The number of aromatic amines is 1. The van der Waals surface area contributed by atoms with Crippen LogP contribution in [0.25, 0.3) is 11.0 Å². The van der Waals surface area contributed by atoms with E-state index in [4.69, 9.17) is 4.74 Å². The third-order valence-electron chi connectivity index (χ3n) is 3.45. The highest BCUT2D eigenvalue weighted by Gasteiger charge is 2.19. The maximum Gasteiger partial charge on any atom is 0.144 e. The zero-order valence-electron chi connectivity index (χ0n) is 12.2. The predicted octanol–water partition coefficient (Wildman–Crippen LogP) is 4.98. The largest absolute Gasteiger partial charge is 0.494 e. The molecule has 3 rings (SSSR count). The van der Waals surface area contributed by atoms with Crippen molar-refractivity contribution in [2.24, 2.45) is 4.99 Å². The van der Waals surface area contributed by atoms with E-state index in [2.05, 4.69) is 57.1 Å². The van der Waals surface area contributed by atoms with Gasteiger partial charge in [0, 0.05) is 16.7 Å². The number of nitrogens with zero attached hydrogens (tertiary/aromatic N) is 1. The summed E-state index contributed by atoms with van der Waals surface area (Å²) in [6, 6.07) is 2.06. The maximum absolute atomic E-state index is 5.49. The van der Waals surface area contributed by atoms with Crippen LogP contribution >= 0.6 is 27.7 Å². The summed E-state index contributed by atoms with van der Waals surface area (Å²) in [4.78, 5) is 9.25. The second kappa shape index (κ2) is 5.89. The highest BCUT2D eigenvalue weighted by molar-refractivity contribution is 9.11. The van der Waals surface area contributed by atoms with E-state index in [1.54, 1.807) is 7.11 Å². The van der Waals surface area contributed by atoms with Crippen molar-refractivity contribution >= 4 is 44.4 Å². The van der Waals surface area contributed by atoms with E-state index in [0.29, 0.717) is 4.16 Å². The van der Waals surface area contributed by atoms with Crippen LogP contribution in [0.1, 0.15) is 31.7 Å². The van der Waals surface area contributed by atoms with E-state index in [0.717, 1.165) is 35.0 Å². The molecule has 0 spiro atoms. The van der Waals surface area contributed by atoms with Crippen LogP contribution in [0.3, 0.4) is 0 Å². The van der Waals surface area contributed by atoms with Gasteiger partial charge in [-0.05, 0) is 38.0 Å². The van der Waals surface area contributed by atoms with Crippen LogP contribution < -0.4 is 4.74 Å². The van der Waals surface area contributed by atoms with E-state index in [-0.39, 0.29) is 0 Å².